The maximum atomic E-state index is 10.3. The quantitative estimate of drug-likeness (QED) is 0.508. The molecule has 0 aromatic heterocycles. The average molecular weight is 282 g/mol. The Kier molecular flexibility index (Phi) is 9.90. The van der Waals surface area contributed by atoms with Gasteiger partial charge in [0.1, 0.15) is 11.8 Å². The van der Waals surface area contributed by atoms with Crippen LogP contribution in [0.15, 0.2) is 24.3 Å². The topological polar surface area (TPSA) is 116 Å². The summed E-state index contributed by atoms with van der Waals surface area (Å²) in [5.74, 6) is -0.311. The summed E-state index contributed by atoms with van der Waals surface area (Å²) in [6, 6.07) is 6.37. The maximum absolute atomic E-state index is 10.3. The summed E-state index contributed by atoms with van der Waals surface area (Å²) < 4.78 is 4.90. The number of unbranched alkanes of at least 4 members (excludes halogenated alkanes) is 1. The number of ether oxygens (including phenoxy) is 1. The molecule has 0 aliphatic heterocycles. The van der Waals surface area contributed by atoms with Crippen molar-refractivity contribution in [3.63, 3.8) is 0 Å². The molecule has 1 atom stereocenters. The van der Waals surface area contributed by atoms with Gasteiger partial charge < -0.3 is 21.3 Å². The molecule has 6 nitrogen and oxygen atoms in total. The predicted molar refractivity (Wildman–Crippen MR) is 76.9 cm³/mol. The van der Waals surface area contributed by atoms with Gasteiger partial charge in [0.05, 0.1) is 12.7 Å². The van der Waals surface area contributed by atoms with Crippen LogP contribution in [-0.2, 0) is 4.79 Å². The molecule has 0 aliphatic rings. The van der Waals surface area contributed by atoms with E-state index in [0.29, 0.717) is 24.3 Å². The van der Waals surface area contributed by atoms with E-state index < -0.39 is 12.0 Å². The van der Waals surface area contributed by atoms with Gasteiger partial charge in [-0.05, 0) is 31.5 Å². The molecular weight excluding hydrogens is 260 g/mol. The monoisotopic (exact) mass is 282 g/mol. The lowest BCUT2D eigenvalue weighted by Crippen LogP contribution is -2.29. The van der Waals surface area contributed by atoms with Crippen molar-refractivity contribution in [1.29, 1.82) is 0 Å². The Balaban J connectivity index is 0.000000361. The number of aliphatic carboxylic acids is 1. The van der Waals surface area contributed by atoms with Gasteiger partial charge >= 0.3 is 5.97 Å². The molecule has 0 bridgehead atoms. The van der Waals surface area contributed by atoms with Crippen molar-refractivity contribution in [2.45, 2.75) is 25.3 Å². The Morgan fingerprint density at radius 3 is 2.50 bits per heavy atom. The normalized spacial score (nSPS) is 10.9. The Labute approximate surface area is 118 Å². The first-order chi connectivity index (χ1) is 9.56. The number of carboxylic acids is 1. The highest BCUT2D eigenvalue weighted by Gasteiger charge is 2.09. The highest BCUT2D eigenvalue weighted by Crippen LogP contribution is 2.13. The molecule has 1 aromatic rings. The van der Waals surface area contributed by atoms with E-state index in [2.05, 4.69) is 0 Å². The summed E-state index contributed by atoms with van der Waals surface area (Å²) in [5, 5.41) is 8.33. The Hall–Kier alpha value is -1.92. The van der Waals surface area contributed by atoms with Gasteiger partial charge in [-0.2, -0.15) is 0 Å². The summed E-state index contributed by atoms with van der Waals surface area (Å²) in [6.07, 6.45) is 2.94. The van der Waals surface area contributed by atoms with Crippen LogP contribution in [0.1, 0.15) is 29.6 Å². The van der Waals surface area contributed by atoms with Gasteiger partial charge in [0.15, 0.2) is 6.29 Å². The number of carboxylic acid groups (broad SMARTS) is 1. The largest absolute Gasteiger partial charge is 0.496 e. The molecule has 0 radical (unpaired) electrons. The van der Waals surface area contributed by atoms with Gasteiger partial charge in [0.2, 0.25) is 0 Å². The summed E-state index contributed by atoms with van der Waals surface area (Å²) >= 11 is 0. The van der Waals surface area contributed by atoms with Crippen molar-refractivity contribution in [2.24, 2.45) is 11.5 Å². The lowest BCUT2D eigenvalue weighted by molar-refractivity contribution is -0.138. The molecule has 0 heterocycles. The van der Waals surface area contributed by atoms with Gasteiger partial charge in [-0.3, -0.25) is 9.59 Å². The zero-order chi connectivity index (χ0) is 15.4. The second-order valence-electron chi connectivity index (χ2n) is 4.09. The van der Waals surface area contributed by atoms with Crippen molar-refractivity contribution < 1.29 is 19.4 Å². The molecule has 5 N–H and O–H groups in total. The third-order valence-corrected chi connectivity index (χ3v) is 2.55. The van der Waals surface area contributed by atoms with Gasteiger partial charge in [0, 0.05) is 0 Å². The van der Waals surface area contributed by atoms with Crippen LogP contribution in [-0.4, -0.2) is 37.1 Å². The van der Waals surface area contributed by atoms with Crippen molar-refractivity contribution in [3.8, 4) is 5.75 Å². The molecule has 0 amide bonds. The first-order valence-electron chi connectivity index (χ1n) is 6.33. The summed E-state index contributed by atoms with van der Waals surface area (Å²) in [4.78, 5) is 20.4. The van der Waals surface area contributed by atoms with E-state index in [-0.39, 0.29) is 0 Å². The molecule has 0 fully saturated rings. The Morgan fingerprint density at radius 1 is 1.40 bits per heavy atom. The molecule has 112 valence electrons. The second kappa shape index (κ2) is 11.0. The maximum Gasteiger partial charge on any atom is 0.320 e. The molecule has 0 saturated carbocycles. The summed E-state index contributed by atoms with van der Waals surface area (Å²) in [5.41, 5.74) is 11.0. The van der Waals surface area contributed by atoms with E-state index >= 15 is 0 Å². The van der Waals surface area contributed by atoms with E-state index in [0.717, 1.165) is 19.1 Å². The Bertz CT molecular complexity index is 410. The SMILES string of the molecule is COc1ccccc1C=O.NCCCCC(N)C(=O)O. The summed E-state index contributed by atoms with van der Waals surface area (Å²) in [7, 11) is 1.54. The zero-order valence-corrected chi connectivity index (χ0v) is 11.6. The van der Waals surface area contributed by atoms with E-state index in [4.69, 9.17) is 21.3 Å². The van der Waals surface area contributed by atoms with Crippen molar-refractivity contribution >= 4 is 12.3 Å². The molecule has 20 heavy (non-hydrogen) atoms. The van der Waals surface area contributed by atoms with Gasteiger partial charge in [-0.1, -0.05) is 18.6 Å². The number of rotatable bonds is 7. The molecule has 0 spiro atoms. The van der Waals surface area contributed by atoms with Crippen LogP contribution in [0.3, 0.4) is 0 Å². The van der Waals surface area contributed by atoms with Crippen LogP contribution in [0.2, 0.25) is 0 Å². The molecule has 6 heteroatoms. The van der Waals surface area contributed by atoms with E-state index in [1.807, 2.05) is 6.07 Å². The highest BCUT2D eigenvalue weighted by atomic mass is 16.5. The Morgan fingerprint density at radius 2 is 2.05 bits per heavy atom. The van der Waals surface area contributed by atoms with Crippen LogP contribution in [0.5, 0.6) is 5.75 Å². The predicted octanol–water partition coefficient (Wildman–Crippen LogP) is 1.04. The van der Waals surface area contributed by atoms with Crippen LogP contribution >= 0.6 is 0 Å². The summed E-state index contributed by atoms with van der Waals surface area (Å²) in [6.45, 7) is 0.604. The molecular formula is C14H22N2O4. The fraction of sp³-hybridized carbons (Fsp3) is 0.429. The fourth-order valence-corrected chi connectivity index (χ4v) is 1.40. The highest BCUT2D eigenvalue weighted by molar-refractivity contribution is 5.79. The first-order valence-corrected chi connectivity index (χ1v) is 6.33. The first kappa shape index (κ1) is 18.1. The number of methoxy groups -OCH3 is 1. The number of hydrogen-bond donors (Lipinski definition) is 3. The van der Waals surface area contributed by atoms with E-state index in [1.165, 1.54) is 0 Å². The lowest BCUT2D eigenvalue weighted by atomic mass is 10.1. The molecule has 1 rings (SSSR count). The number of carbonyl (C=O) groups excluding carboxylic acids is 1. The van der Waals surface area contributed by atoms with Crippen LogP contribution in [0, 0.1) is 0 Å². The number of para-hydroxylation sites is 1. The number of carbonyl (C=O) groups is 2. The average Bonchev–Trinajstić information content (AvgIpc) is 2.47. The standard InChI is InChI=1S/C8H8O2.C6H14N2O2/c1-10-8-5-3-2-4-7(8)6-9;7-4-2-1-3-5(8)6(9)10/h2-6H,1H3;5H,1-4,7-8H2,(H,9,10). The van der Waals surface area contributed by atoms with Crippen molar-refractivity contribution in [1.82, 2.24) is 0 Å². The molecule has 0 saturated heterocycles. The molecule has 1 aromatic carbocycles. The number of nitrogens with two attached hydrogens (primary N) is 2. The van der Waals surface area contributed by atoms with Crippen molar-refractivity contribution in [2.75, 3.05) is 13.7 Å². The minimum absolute atomic E-state index is 0.520. The second-order valence-corrected chi connectivity index (χ2v) is 4.09. The van der Waals surface area contributed by atoms with Gasteiger partial charge in [0.25, 0.3) is 0 Å². The number of benzene rings is 1. The lowest BCUT2D eigenvalue weighted by Gasteiger charge is -2.03. The van der Waals surface area contributed by atoms with E-state index in [1.54, 1.807) is 25.3 Å². The smallest absolute Gasteiger partial charge is 0.320 e. The van der Waals surface area contributed by atoms with Crippen LogP contribution in [0.4, 0.5) is 0 Å². The zero-order valence-electron chi connectivity index (χ0n) is 11.6. The van der Waals surface area contributed by atoms with Crippen LogP contribution in [0.25, 0.3) is 0 Å². The number of hydrogen-bond acceptors (Lipinski definition) is 5. The van der Waals surface area contributed by atoms with E-state index in [9.17, 15) is 9.59 Å². The minimum Gasteiger partial charge on any atom is -0.496 e. The molecule has 0 aliphatic carbocycles. The van der Waals surface area contributed by atoms with Crippen LogP contribution < -0.4 is 16.2 Å². The third kappa shape index (κ3) is 7.50. The molecule has 1 unspecified atom stereocenters. The minimum atomic E-state index is -0.933. The van der Waals surface area contributed by atoms with Crippen molar-refractivity contribution in [3.05, 3.63) is 29.8 Å². The third-order valence-electron chi connectivity index (χ3n) is 2.55. The van der Waals surface area contributed by atoms with Gasteiger partial charge in [-0.25, -0.2) is 0 Å². The fourth-order valence-electron chi connectivity index (χ4n) is 1.40. The number of aldehydes is 1. The van der Waals surface area contributed by atoms with Gasteiger partial charge in [-0.15, -0.1) is 0 Å².